The van der Waals surface area contributed by atoms with Crippen molar-refractivity contribution in [2.75, 3.05) is 18.4 Å². The Morgan fingerprint density at radius 3 is 2.87 bits per heavy atom. The Morgan fingerprint density at radius 1 is 1.17 bits per heavy atom. The van der Waals surface area contributed by atoms with Crippen LogP contribution in [-0.2, 0) is 17.6 Å². The van der Waals surface area contributed by atoms with Crippen molar-refractivity contribution < 1.29 is 9.59 Å². The number of hydrogen-bond acceptors (Lipinski definition) is 6. The van der Waals surface area contributed by atoms with Gasteiger partial charge in [0, 0.05) is 4.88 Å². The number of thiophene rings is 1. The summed E-state index contributed by atoms with van der Waals surface area (Å²) in [6, 6.07) is 8.33. The standard InChI is InChI=1S/C22H24N4O2S2/c23-20(28)19-13-6-5-10-16(13)29-22(19)25-18(27)12-26-11-4-3-8-15(26)21-24-14-7-1-2-9-17(14)30-21/h1-2,7,9,15H,3-6,8,10-12H2,(H2,23,28)(H,25,27)/t15-/m0/s1. The minimum atomic E-state index is -0.449. The van der Waals surface area contributed by atoms with Crippen LogP contribution in [0.3, 0.4) is 0 Å². The minimum absolute atomic E-state index is 0.0922. The van der Waals surface area contributed by atoms with Gasteiger partial charge >= 0.3 is 0 Å². The number of thiazole rings is 1. The molecule has 156 valence electrons. The number of anilines is 1. The molecule has 3 N–H and O–H groups in total. The quantitative estimate of drug-likeness (QED) is 0.625. The van der Waals surface area contributed by atoms with Crippen molar-refractivity contribution in [2.24, 2.45) is 5.73 Å². The number of benzene rings is 1. The van der Waals surface area contributed by atoms with Gasteiger partial charge in [0.05, 0.1) is 28.4 Å². The molecule has 0 saturated carbocycles. The number of nitrogens with two attached hydrogens (primary N) is 1. The van der Waals surface area contributed by atoms with Crippen molar-refractivity contribution in [1.82, 2.24) is 9.88 Å². The van der Waals surface area contributed by atoms with E-state index in [0.717, 1.165) is 61.2 Å². The van der Waals surface area contributed by atoms with E-state index in [1.807, 2.05) is 18.2 Å². The number of nitrogens with zero attached hydrogens (tertiary/aromatic N) is 2. The smallest absolute Gasteiger partial charge is 0.251 e. The molecular weight excluding hydrogens is 416 g/mol. The fourth-order valence-electron chi connectivity index (χ4n) is 4.60. The monoisotopic (exact) mass is 440 g/mol. The maximum atomic E-state index is 12.9. The topological polar surface area (TPSA) is 88.3 Å². The van der Waals surface area contributed by atoms with Crippen molar-refractivity contribution in [1.29, 1.82) is 0 Å². The van der Waals surface area contributed by atoms with Crippen LogP contribution in [0.1, 0.15) is 57.5 Å². The molecule has 2 aromatic heterocycles. The van der Waals surface area contributed by atoms with E-state index in [4.69, 9.17) is 10.7 Å². The summed E-state index contributed by atoms with van der Waals surface area (Å²) < 4.78 is 1.18. The molecule has 1 aliphatic heterocycles. The Hall–Kier alpha value is -2.29. The number of fused-ring (bicyclic) bond motifs is 2. The molecule has 2 amide bonds. The maximum absolute atomic E-state index is 12.9. The molecule has 0 radical (unpaired) electrons. The highest BCUT2D eigenvalue weighted by atomic mass is 32.1. The second kappa shape index (κ2) is 8.09. The number of carbonyl (C=O) groups is 2. The summed E-state index contributed by atoms with van der Waals surface area (Å²) in [7, 11) is 0. The Labute approximate surface area is 183 Å². The van der Waals surface area contributed by atoms with Gasteiger partial charge in [-0.1, -0.05) is 18.6 Å². The van der Waals surface area contributed by atoms with Crippen LogP contribution in [0.15, 0.2) is 24.3 Å². The Balaban J connectivity index is 1.34. The Kier molecular flexibility index (Phi) is 5.30. The third kappa shape index (κ3) is 3.64. The van der Waals surface area contributed by atoms with Gasteiger partial charge in [0.15, 0.2) is 0 Å². The molecule has 5 rings (SSSR count). The molecule has 3 heterocycles. The molecule has 3 aromatic rings. The van der Waals surface area contributed by atoms with E-state index < -0.39 is 5.91 Å². The third-order valence-corrected chi connectivity index (χ3v) is 8.32. The van der Waals surface area contributed by atoms with Crippen LogP contribution in [0.25, 0.3) is 10.2 Å². The first-order valence-electron chi connectivity index (χ1n) is 10.4. The number of likely N-dealkylation sites (tertiary alicyclic amines) is 1. The van der Waals surface area contributed by atoms with Crippen LogP contribution in [0.4, 0.5) is 5.00 Å². The van der Waals surface area contributed by atoms with Crippen molar-refractivity contribution >= 4 is 49.7 Å². The highest BCUT2D eigenvalue weighted by Crippen LogP contribution is 2.39. The molecule has 1 saturated heterocycles. The van der Waals surface area contributed by atoms with E-state index in [-0.39, 0.29) is 11.9 Å². The summed E-state index contributed by atoms with van der Waals surface area (Å²) in [5.74, 6) is -0.541. The van der Waals surface area contributed by atoms with Crippen LogP contribution >= 0.6 is 22.7 Å². The number of piperidine rings is 1. The molecule has 1 atom stereocenters. The zero-order valence-electron chi connectivity index (χ0n) is 16.6. The zero-order chi connectivity index (χ0) is 20.7. The lowest BCUT2D eigenvalue weighted by Gasteiger charge is -2.33. The highest BCUT2D eigenvalue weighted by molar-refractivity contribution is 7.18. The van der Waals surface area contributed by atoms with E-state index in [1.54, 1.807) is 11.3 Å². The average Bonchev–Trinajstić information content (AvgIpc) is 3.41. The molecule has 1 aromatic carbocycles. The predicted molar refractivity (Wildman–Crippen MR) is 121 cm³/mol. The number of aryl methyl sites for hydroxylation is 1. The number of primary amides is 1. The first-order valence-corrected chi connectivity index (χ1v) is 12.1. The molecule has 0 unspecified atom stereocenters. The number of rotatable bonds is 5. The van der Waals surface area contributed by atoms with Crippen molar-refractivity contribution in [3.05, 3.63) is 45.3 Å². The van der Waals surface area contributed by atoms with E-state index >= 15 is 0 Å². The lowest BCUT2D eigenvalue weighted by Crippen LogP contribution is -2.39. The van der Waals surface area contributed by atoms with Gasteiger partial charge in [0.1, 0.15) is 10.0 Å². The van der Waals surface area contributed by atoms with E-state index in [1.165, 1.54) is 20.9 Å². The number of carbonyl (C=O) groups excluding carboxylic acids is 2. The van der Waals surface area contributed by atoms with Crippen molar-refractivity contribution in [3.8, 4) is 0 Å². The summed E-state index contributed by atoms with van der Waals surface area (Å²) in [4.78, 5) is 33.2. The van der Waals surface area contributed by atoms with Gasteiger partial charge in [0.2, 0.25) is 5.91 Å². The summed E-state index contributed by atoms with van der Waals surface area (Å²) in [5, 5.41) is 4.68. The zero-order valence-corrected chi connectivity index (χ0v) is 18.3. The molecule has 2 aliphatic rings. The van der Waals surface area contributed by atoms with Crippen LogP contribution in [0.5, 0.6) is 0 Å². The molecular formula is C22H24N4O2S2. The Bertz CT molecular complexity index is 1090. The second-order valence-electron chi connectivity index (χ2n) is 7.98. The van der Waals surface area contributed by atoms with Gasteiger partial charge in [-0.25, -0.2) is 4.98 Å². The van der Waals surface area contributed by atoms with Gasteiger partial charge in [0.25, 0.3) is 5.91 Å². The van der Waals surface area contributed by atoms with Gasteiger partial charge in [-0.15, -0.1) is 22.7 Å². The molecule has 30 heavy (non-hydrogen) atoms. The molecule has 0 spiro atoms. The second-order valence-corrected chi connectivity index (χ2v) is 10.1. The van der Waals surface area contributed by atoms with Crippen molar-refractivity contribution in [3.63, 3.8) is 0 Å². The van der Waals surface area contributed by atoms with E-state index in [2.05, 4.69) is 16.3 Å². The van der Waals surface area contributed by atoms with Crippen LogP contribution < -0.4 is 11.1 Å². The summed E-state index contributed by atoms with van der Waals surface area (Å²) in [5.41, 5.74) is 8.20. The van der Waals surface area contributed by atoms with Gasteiger partial charge in [-0.05, 0) is 56.3 Å². The molecule has 8 heteroatoms. The van der Waals surface area contributed by atoms with E-state index in [9.17, 15) is 9.59 Å². The summed E-state index contributed by atoms with van der Waals surface area (Å²) in [6.07, 6.45) is 6.10. The number of aromatic nitrogens is 1. The summed E-state index contributed by atoms with van der Waals surface area (Å²) >= 11 is 3.22. The first kappa shape index (κ1) is 19.7. The lowest BCUT2D eigenvalue weighted by atomic mass is 10.0. The largest absolute Gasteiger partial charge is 0.365 e. The molecule has 6 nitrogen and oxygen atoms in total. The number of amides is 2. The van der Waals surface area contributed by atoms with Gasteiger partial charge < -0.3 is 11.1 Å². The van der Waals surface area contributed by atoms with Gasteiger partial charge in [-0.2, -0.15) is 0 Å². The van der Waals surface area contributed by atoms with Crippen LogP contribution in [0.2, 0.25) is 0 Å². The molecule has 0 bridgehead atoms. The highest BCUT2D eigenvalue weighted by Gasteiger charge is 2.30. The lowest BCUT2D eigenvalue weighted by molar-refractivity contribution is -0.118. The van der Waals surface area contributed by atoms with Crippen molar-refractivity contribution in [2.45, 2.75) is 44.6 Å². The average molecular weight is 441 g/mol. The predicted octanol–water partition coefficient (Wildman–Crippen LogP) is 4.11. The normalized spacial score (nSPS) is 19.1. The number of para-hydroxylation sites is 1. The summed E-state index contributed by atoms with van der Waals surface area (Å²) in [6.45, 7) is 1.17. The van der Waals surface area contributed by atoms with E-state index in [0.29, 0.717) is 17.1 Å². The SMILES string of the molecule is NC(=O)c1c(NC(=O)CN2CCCC[C@H]2c2nc3ccccc3s2)sc2c1CCC2. The minimum Gasteiger partial charge on any atom is -0.365 e. The molecule has 1 fully saturated rings. The third-order valence-electron chi connectivity index (χ3n) is 5.98. The number of hydrogen-bond donors (Lipinski definition) is 2. The van der Waals surface area contributed by atoms with Gasteiger partial charge in [-0.3, -0.25) is 14.5 Å². The van der Waals surface area contributed by atoms with Crippen LogP contribution in [0, 0.1) is 0 Å². The molecule has 1 aliphatic carbocycles. The Morgan fingerprint density at radius 2 is 2.03 bits per heavy atom. The number of nitrogens with one attached hydrogen (secondary N) is 1. The fraction of sp³-hybridized carbons (Fsp3) is 0.409. The van der Waals surface area contributed by atoms with Crippen LogP contribution in [-0.4, -0.2) is 34.8 Å². The first-order chi connectivity index (χ1) is 14.6. The maximum Gasteiger partial charge on any atom is 0.251 e. The fourth-order valence-corrected chi connectivity index (χ4v) is 7.04.